The van der Waals surface area contributed by atoms with E-state index in [0.717, 1.165) is 44.0 Å². The van der Waals surface area contributed by atoms with E-state index >= 15 is 0 Å². The van der Waals surface area contributed by atoms with Gasteiger partial charge < -0.3 is 15.4 Å². The smallest absolute Gasteiger partial charge is 0.164 e. The number of hydrogen-bond acceptors (Lipinski definition) is 5. The van der Waals surface area contributed by atoms with Crippen LogP contribution in [0.4, 0.5) is 10.2 Å². The maximum Gasteiger partial charge on any atom is 0.164 e. The van der Waals surface area contributed by atoms with Crippen molar-refractivity contribution < 1.29 is 9.13 Å². The summed E-state index contributed by atoms with van der Waals surface area (Å²) >= 11 is 0. The lowest BCUT2D eigenvalue weighted by atomic mass is 9.97. The Labute approximate surface area is 141 Å². The van der Waals surface area contributed by atoms with Crippen molar-refractivity contribution in [2.24, 2.45) is 11.7 Å². The van der Waals surface area contributed by atoms with Gasteiger partial charge in [0.05, 0.1) is 17.9 Å². The summed E-state index contributed by atoms with van der Waals surface area (Å²) in [6, 6.07) is 8.50. The molecule has 24 heavy (non-hydrogen) atoms. The van der Waals surface area contributed by atoms with Gasteiger partial charge in [-0.3, -0.25) is 0 Å². The van der Waals surface area contributed by atoms with Crippen LogP contribution in [0.5, 0.6) is 0 Å². The van der Waals surface area contributed by atoms with Crippen molar-refractivity contribution in [2.45, 2.75) is 19.4 Å². The lowest BCUT2D eigenvalue weighted by molar-refractivity contribution is 0.181. The molecule has 0 bridgehead atoms. The molecule has 6 heteroatoms. The quantitative estimate of drug-likeness (QED) is 0.913. The van der Waals surface area contributed by atoms with Gasteiger partial charge in [0, 0.05) is 26.3 Å². The third kappa shape index (κ3) is 3.71. The number of hydrogen-bond donors (Lipinski definition) is 1. The minimum Gasteiger partial charge on any atom is -0.378 e. The minimum atomic E-state index is -0.320. The van der Waals surface area contributed by atoms with Gasteiger partial charge >= 0.3 is 0 Å². The second-order valence-electron chi connectivity index (χ2n) is 6.12. The molecule has 1 aliphatic heterocycles. The summed E-state index contributed by atoms with van der Waals surface area (Å²) in [6.45, 7) is 2.91. The molecule has 128 valence electrons. The Morgan fingerprint density at radius 1 is 1.25 bits per heavy atom. The van der Waals surface area contributed by atoms with Crippen LogP contribution in [-0.4, -0.2) is 36.7 Å². The monoisotopic (exact) mass is 330 g/mol. The van der Waals surface area contributed by atoms with Crippen LogP contribution < -0.4 is 10.6 Å². The van der Waals surface area contributed by atoms with Gasteiger partial charge in [-0.1, -0.05) is 12.1 Å². The number of ether oxygens (including phenoxy) is 1. The van der Waals surface area contributed by atoms with Crippen molar-refractivity contribution in [3.05, 3.63) is 41.8 Å². The lowest BCUT2D eigenvalue weighted by Crippen LogP contribution is -2.36. The molecule has 0 aliphatic carbocycles. The molecule has 3 rings (SSSR count). The van der Waals surface area contributed by atoms with Crippen LogP contribution in [-0.2, 0) is 11.3 Å². The van der Waals surface area contributed by atoms with Crippen LogP contribution in [0.1, 0.15) is 18.5 Å². The molecule has 1 aliphatic rings. The number of benzene rings is 1. The summed E-state index contributed by atoms with van der Waals surface area (Å²) in [5.74, 6) is 1.48. The van der Waals surface area contributed by atoms with E-state index in [-0.39, 0.29) is 5.82 Å². The first-order valence-corrected chi connectivity index (χ1v) is 8.28. The fourth-order valence-electron chi connectivity index (χ4n) is 3.03. The van der Waals surface area contributed by atoms with E-state index in [0.29, 0.717) is 23.9 Å². The van der Waals surface area contributed by atoms with Gasteiger partial charge in [-0.2, -0.15) is 0 Å². The first-order valence-electron chi connectivity index (χ1n) is 8.28. The number of methoxy groups -OCH3 is 1. The van der Waals surface area contributed by atoms with Crippen molar-refractivity contribution in [3.63, 3.8) is 0 Å². The van der Waals surface area contributed by atoms with Crippen LogP contribution in [0.2, 0.25) is 0 Å². The number of anilines is 1. The highest BCUT2D eigenvalue weighted by Crippen LogP contribution is 2.26. The molecule has 0 atom stereocenters. The Hall–Kier alpha value is -2.05. The topological polar surface area (TPSA) is 64.3 Å². The van der Waals surface area contributed by atoms with E-state index in [1.165, 1.54) is 6.07 Å². The third-order valence-electron chi connectivity index (χ3n) is 4.44. The Bertz CT molecular complexity index is 686. The summed E-state index contributed by atoms with van der Waals surface area (Å²) in [7, 11) is 1.62. The fourth-order valence-corrected chi connectivity index (χ4v) is 3.03. The zero-order chi connectivity index (χ0) is 16.9. The van der Waals surface area contributed by atoms with Gasteiger partial charge in [-0.05, 0) is 37.4 Å². The highest BCUT2D eigenvalue weighted by Gasteiger charge is 2.21. The second kappa shape index (κ2) is 7.68. The summed E-state index contributed by atoms with van der Waals surface area (Å²) in [5.41, 5.74) is 6.93. The van der Waals surface area contributed by atoms with Gasteiger partial charge in [0.2, 0.25) is 0 Å². The number of nitrogens with zero attached hydrogens (tertiary/aromatic N) is 3. The molecular formula is C18H23FN4O. The number of piperidine rings is 1. The number of rotatable bonds is 5. The third-order valence-corrected chi connectivity index (χ3v) is 4.44. The predicted molar refractivity (Wildman–Crippen MR) is 92.1 cm³/mol. The molecule has 5 nitrogen and oxygen atoms in total. The minimum absolute atomic E-state index is 0.320. The Morgan fingerprint density at radius 3 is 2.67 bits per heavy atom. The second-order valence-corrected chi connectivity index (χ2v) is 6.12. The summed E-state index contributed by atoms with van der Waals surface area (Å²) in [6.07, 6.45) is 2.10. The van der Waals surface area contributed by atoms with Crippen molar-refractivity contribution in [1.82, 2.24) is 9.97 Å². The van der Waals surface area contributed by atoms with Crippen molar-refractivity contribution in [1.29, 1.82) is 0 Å². The van der Waals surface area contributed by atoms with Crippen LogP contribution in [0, 0.1) is 11.7 Å². The fraction of sp³-hybridized carbons (Fsp3) is 0.444. The van der Waals surface area contributed by atoms with Crippen LogP contribution in [0.15, 0.2) is 30.3 Å². The van der Waals surface area contributed by atoms with Crippen LogP contribution in [0.3, 0.4) is 0 Å². The van der Waals surface area contributed by atoms with Gasteiger partial charge in [-0.25, -0.2) is 14.4 Å². The molecule has 0 amide bonds. The maximum atomic E-state index is 14.1. The Morgan fingerprint density at radius 2 is 2.00 bits per heavy atom. The van der Waals surface area contributed by atoms with E-state index in [1.54, 1.807) is 25.3 Å². The summed E-state index contributed by atoms with van der Waals surface area (Å²) in [5, 5.41) is 0. The summed E-state index contributed by atoms with van der Waals surface area (Å²) in [4.78, 5) is 11.3. The highest BCUT2D eigenvalue weighted by molar-refractivity contribution is 5.58. The van der Waals surface area contributed by atoms with Gasteiger partial charge in [0.15, 0.2) is 5.82 Å². The van der Waals surface area contributed by atoms with Gasteiger partial charge in [-0.15, -0.1) is 0 Å². The molecule has 2 N–H and O–H groups in total. The van der Waals surface area contributed by atoms with Crippen molar-refractivity contribution in [3.8, 4) is 11.4 Å². The molecule has 0 spiro atoms. The Balaban J connectivity index is 1.93. The average molecular weight is 330 g/mol. The standard InChI is InChI=1S/C18H23FN4O/c1-24-12-14-10-17(23-8-6-13(11-20)7-9-23)22-18(21-14)15-4-2-3-5-16(15)19/h2-5,10,13H,6-9,11-12,20H2,1H3. The molecule has 1 aromatic carbocycles. The van der Waals surface area contributed by atoms with E-state index < -0.39 is 0 Å². The summed E-state index contributed by atoms with van der Waals surface area (Å²) < 4.78 is 19.3. The molecule has 2 aromatic rings. The zero-order valence-electron chi connectivity index (χ0n) is 13.9. The highest BCUT2D eigenvalue weighted by atomic mass is 19.1. The first-order chi connectivity index (χ1) is 11.7. The number of halogens is 1. The normalized spacial score (nSPS) is 15.7. The van der Waals surface area contributed by atoms with Crippen LogP contribution in [0.25, 0.3) is 11.4 Å². The van der Waals surface area contributed by atoms with Gasteiger partial charge in [0.1, 0.15) is 11.6 Å². The molecule has 1 saturated heterocycles. The molecule has 0 unspecified atom stereocenters. The van der Waals surface area contributed by atoms with E-state index in [9.17, 15) is 4.39 Å². The first kappa shape index (κ1) is 16.8. The van der Waals surface area contributed by atoms with Crippen LogP contribution >= 0.6 is 0 Å². The molecule has 2 heterocycles. The lowest BCUT2D eigenvalue weighted by Gasteiger charge is -2.32. The molecule has 1 aromatic heterocycles. The van der Waals surface area contributed by atoms with Crippen molar-refractivity contribution in [2.75, 3.05) is 31.6 Å². The SMILES string of the molecule is COCc1cc(N2CCC(CN)CC2)nc(-c2ccccc2F)n1. The molecule has 0 radical (unpaired) electrons. The van der Waals surface area contributed by atoms with E-state index in [4.69, 9.17) is 10.5 Å². The molecular weight excluding hydrogens is 307 g/mol. The number of aromatic nitrogens is 2. The maximum absolute atomic E-state index is 14.1. The number of nitrogens with two attached hydrogens (primary N) is 1. The van der Waals surface area contributed by atoms with Gasteiger partial charge in [0.25, 0.3) is 0 Å². The van der Waals surface area contributed by atoms with E-state index in [2.05, 4.69) is 14.9 Å². The Kier molecular flexibility index (Phi) is 5.37. The predicted octanol–water partition coefficient (Wildman–Crippen LogP) is 2.60. The molecule has 0 saturated carbocycles. The van der Waals surface area contributed by atoms with Crippen molar-refractivity contribution >= 4 is 5.82 Å². The molecule has 1 fully saturated rings. The average Bonchev–Trinajstić information content (AvgIpc) is 2.62. The zero-order valence-corrected chi connectivity index (χ0v) is 13.9. The largest absolute Gasteiger partial charge is 0.378 e. The van der Waals surface area contributed by atoms with E-state index in [1.807, 2.05) is 6.07 Å².